The molecular weight excluding hydrogens is 237 g/mol. The van der Waals surface area contributed by atoms with Gasteiger partial charge in [0.1, 0.15) is 0 Å². The van der Waals surface area contributed by atoms with Gasteiger partial charge in [-0.15, -0.1) is 0 Å². The van der Waals surface area contributed by atoms with Crippen LogP contribution in [0.4, 0.5) is 4.39 Å². The Morgan fingerprint density at radius 2 is 1.83 bits per heavy atom. The molecule has 0 saturated carbocycles. The van der Waals surface area contributed by atoms with E-state index >= 15 is 0 Å². The normalized spacial score (nSPS) is 10.7. The zero-order valence-electron chi connectivity index (χ0n) is 10.5. The molecule has 5 heteroatoms. The predicted molar refractivity (Wildman–Crippen MR) is 63.9 cm³/mol. The molecule has 18 heavy (non-hydrogen) atoms. The summed E-state index contributed by atoms with van der Waals surface area (Å²) in [5.41, 5.74) is 1.13. The average Bonchev–Trinajstić information content (AvgIpc) is 2.39. The molecule has 0 aromatic heterocycles. The van der Waals surface area contributed by atoms with E-state index in [0.29, 0.717) is 17.6 Å². The molecule has 0 atom stereocenters. The van der Waals surface area contributed by atoms with E-state index in [-0.39, 0.29) is 11.5 Å². The molecule has 4 nitrogen and oxygen atoms in total. The summed E-state index contributed by atoms with van der Waals surface area (Å²) in [6, 6.07) is 5.05. The molecule has 0 unspecified atom stereocenters. The highest BCUT2D eigenvalue weighted by molar-refractivity contribution is 5.43. The molecule has 0 heterocycles. The smallest absolute Gasteiger partial charge is 0.206 e. The van der Waals surface area contributed by atoms with E-state index in [0.717, 1.165) is 0 Å². The number of nitriles is 1. The van der Waals surface area contributed by atoms with Gasteiger partial charge < -0.3 is 14.2 Å². The van der Waals surface area contributed by atoms with Gasteiger partial charge in [0.25, 0.3) is 0 Å². The third kappa shape index (κ3) is 3.14. The number of methoxy groups -OCH3 is 3. The minimum atomic E-state index is -0.557. The summed E-state index contributed by atoms with van der Waals surface area (Å²) in [5.74, 6) is -0.393. The Morgan fingerprint density at radius 3 is 2.22 bits per heavy atom. The molecule has 0 aliphatic carbocycles. The van der Waals surface area contributed by atoms with Gasteiger partial charge in [-0.05, 0) is 17.7 Å². The SMILES string of the molecule is COC=C(C#N)Cc1cc(OC)c(F)c(OC)c1. The Hall–Kier alpha value is -2.22. The van der Waals surface area contributed by atoms with Crippen LogP contribution in [0.1, 0.15) is 5.56 Å². The van der Waals surface area contributed by atoms with Crippen LogP contribution in [0, 0.1) is 17.1 Å². The Kier molecular flexibility index (Phi) is 5.00. The number of allylic oxidation sites excluding steroid dienone is 1. The third-order valence-corrected chi connectivity index (χ3v) is 2.30. The lowest BCUT2D eigenvalue weighted by atomic mass is 10.1. The summed E-state index contributed by atoms with van der Waals surface area (Å²) in [6.07, 6.45) is 1.67. The molecule has 0 fully saturated rings. The minimum Gasteiger partial charge on any atom is -0.503 e. The second-order valence-corrected chi connectivity index (χ2v) is 3.48. The van der Waals surface area contributed by atoms with Gasteiger partial charge in [-0.1, -0.05) is 0 Å². The van der Waals surface area contributed by atoms with E-state index < -0.39 is 5.82 Å². The van der Waals surface area contributed by atoms with Crippen molar-refractivity contribution in [2.45, 2.75) is 6.42 Å². The molecule has 0 aliphatic rings. The molecule has 1 aromatic carbocycles. The molecule has 1 rings (SSSR count). The Balaban J connectivity index is 3.11. The number of ether oxygens (including phenoxy) is 3. The van der Waals surface area contributed by atoms with Gasteiger partial charge in [0.15, 0.2) is 11.5 Å². The van der Waals surface area contributed by atoms with E-state index in [1.165, 1.54) is 39.7 Å². The molecule has 0 saturated heterocycles. The Labute approximate surface area is 105 Å². The second kappa shape index (κ2) is 6.50. The number of hydrogen-bond acceptors (Lipinski definition) is 4. The van der Waals surface area contributed by atoms with Crippen molar-refractivity contribution in [3.8, 4) is 17.6 Å². The van der Waals surface area contributed by atoms with E-state index in [1.54, 1.807) is 0 Å². The van der Waals surface area contributed by atoms with E-state index in [9.17, 15) is 4.39 Å². The Bertz CT molecular complexity index is 466. The maximum atomic E-state index is 13.7. The fourth-order valence-corrected chi connectivity index (χ4v) is 1.50. The first-order valence-electron chi connectivity index (χ1n) is 5.18. The van der Waals surface area contributed by atoms with Gasteiger partial charge in [0, 0.05) is 6.42 Å². The highest BCUT2D eigenvalue weighted by Gasteiger charge is 2.12. The molecular formula is C13H14FNO3. The van der Waals surface area contributed by atoms with Crippen LogP contribution in [0.2, 0.25) is 0 Å². The van der Waals surface area contributed by atoms with Crippen molar-refractivity contribution in [1.82, 2.24) is 0 Å². The lowest BCUT2D eigenvalue weighted by molar-refractivity contribution is 0.334. The molecule has 96 valence electrons. The monoisotopic (exact) mass is 251 g/mol. The maximum absolute atomic E-state index is 13.7. The molecule has 0 spiro atoms. The summed E-state index contributed by atoms with van der Waals surface area (Å²) < 4.78 is 28.3. The summed E-state index contributed by atoms with van der Waals surface area (Å²) in [6.45, 7) is 0. The van der Waals surface area contributed by atoms with Gasteiger partial charge in [0.05, 0.1) is 39.2 Å². The fraction of sp³-hybridized carbons (Fsp3) is 0.308. The molecule has 0 bridgehead atoms. The van der Waals surface area contributed by atoms with Crippen molar-refractivity contribution in [3.05, 3.63) is 35.3 Å². The van der Waals surface area contributed by atoms with Crippen LogP contribution in [-0.4, -0.2) is 21.3 Å². The molecule has 0 N–H and O–H groups in total. The average molecular weight is 251 g/mol. The van der Waals surface area contributed by atoms with Gasteiger partial charge in [-0.2, -0.15) is 9.65 Å². The molecule has 0 amide bonds. The quantitative estimate of drug-likeness (QED) is 0.595. The first kappa shape index (κ1) is 13.8. The van der Waals surface area contributed by atoms with Crippen LogP contribution in [0.3, 0.4) is 0 Å². The maximum Gasteiger partial charge on any atom is 0.206 e. The van der Waals surface area contributed by atoms with Crippen LogP contribution in [0.15, 0.2) is 24.0 Å². The topological polar surface area (TPSA) is 51.5 Å². The van der Waals surface area contributed by atoms with E-state index in [2.05, 4.69) is 0 Å². The van der Waals surface area contributed by atoms with Crippen LogP contribution in [0.5, 0.6) is 11.5 Å². The first-order chi connectivity index (χ1) is 8.65. The zero-order valence-corrected chi connectivity index (χ0v) is 10.5. The fourth-order valence-electron chi connectivity index (χ4n) is 1.50. The lowest BCUT2D eigenvalue weighted by Crippen LogP contribution is -1.97. The molecule has 0 aliphatic heterocycles. The largest absolute Gasteiger partial charge is 0.503 e. The molecule has 1 aromatic rings. The lowest BCUT2D eigenvalue weighted by Gasteiger charge is -2.09. The van der Waals surface area contributed by atoms with Gasteiger partial charge in [-0.25, -0.2) is 0 Å². The van der Waals surface area contributed by atoms with Crippen molar-refractivity contribution in [2.75, 3.05) is 21.3 Å². The third-order valence-electron chi connectivity index (χ3n) is 2.30. The van der Waals surface area contributed by atoms with Gasteiger partial charge >= 0.3 is 0 Å². The summed E-state index contributed by atoms with van der Waals surface area (Å²) in [4.78, 5) is 0. The van der Waals surface area contributed by atoms with E-state index in [4.69, 9.17) is 19.5 Å². The van der Waals surface area contributed by atoms with Crippen LogP contribution >= 0.6 is 0 Å². The van der Waals surface area contributed by atoms with E-state index in [1.807, 2.05) is 6.07 Å². The van der Waals surface area contributed by atoms with Crippen molar-refractivity contribution >= 4 is 0 Å². The second-order valence-electron chi connectivity index (χ2n) is 3.48. The summed E-state index contributed by atoms with van der Waals surface area (Å²) in [5, 5.41) is 8.89. The summed E-state index contributed by atoms with van der Waals surface area (Å²) in [7, 11) is 4.21. The number of rotatable bonds is 5. The van der Waals surface area contributed by atoms with Crippen molar-refractivity contribution in [2.24, 2.45) is 0 Å². The highest BCUT2D eigenvalue weighted by Crippen LogP contribution is 2.29. The number of halogens is 1. The number of hydrogen-bond donors (Lipinski definition) is 0. The number of benzene rings is 1. The van der Waals surface area contributed by atoms with Gasteiger partial charge in [-0.3, -0.25) is 0 Å². The first-order valence-corrected chi connectivity index (χ1v) is 5.18. The van der Waals surface area contributed by atoms with Crippen molar-refractivity contribution < 1.29 is 18.6 Å². The molecule has 0 radical (unpaired) electrons. The van der Waals surface area contributed by atoms with Crippen LogP contribution in [-0.2, 0) is 11.2 Å². The highest BCUT2D eigenvalue weighted by atomic mass is 19.1. The van der Waals surface area contributed by atoms with Crippen molar-refractivity contribution in [3.63, 3.8) is 0 Å². The number of nitrogens with zero attached hydrogens (tertiary/aromatic N) is 1. The zero-order chi connectivity index (χ0) is 13.5. The minimum absolute atomic E-state index is 0.0825. The van der Waals surface area contributed by atoms with Crippen molar-refractivity contribution in [1.29, 1.82) is 5.26 Å². The standard InChI is InChI=1S/C13H14FNO3/c1-16-8-10(7-15)4-9-5-11(17-2)13(14)12(6-9)18-3/h5-6,8H,4H2,1-3H3. The van der Waals surface area contributed by atoms with Gasteiger partial charge in [0.2, 0.25) is 5.82 Å². The van der Waals surface area contributed by atoms with Crippen LogP contribution in [0.25, 0.3) is 0 Å². The van der Waals surface area contributed by atoms with Crippen LogP contribution < -0.4 is 9.47 Å². The Morgan fingerprint density at radius 1 is 1.28 bits per heavy atom. The summed E-state index contributed by atoms with van der Waals surface area (Å²) >= 11 is 0. The predicted octanol–water partition coefficient (Wildman–Crippen LogP) is 2.44.